The second-order valence-corrected chi connectivity index (χ2v) is 31.6. The van der Waals surface area contributed by atoms with Gasteiger partial charge in [-0.05, 0) is 141 Å². The summed E-state index contributed by atoms with van der Waals surface area (Å²) in [6.45, 7) is 22.2. The minimum Gasteiger partial charge on any atom is -0.238 e. The maximum atomic E-state index is 7.51. The van der Waals surface area contributed by atoms with Crippen LogP contribution in [-0.4, -0.2) is 44.9 Å². The molecule has 616 valence electrons. The highest BCUT2D eigenvalue weighted by atomic mass is 15.1. The largest absolute Gasteiger partial charge is 0.238 e. The van der Waals surface area contributed by atoms with Crippen molar-refractivity contribution in [3.63, 3.8) is 0 Å². The lowest BCUT2D eigenvalue weighted by molar-refractivity contribution is 1.07. The van der Waals surface area contributed by atoms with Crippen LogP contribution in [0.15, 0.2) is 461 Å². The molecule has 0 unspecified atom stereocenters. The minimum atomic E-state index is 0.634. The first-order valence-electron chi connectivity index (χ1n) is 43.3. The standard InChI is InChI=1S/C44H28N4.2C38H24N4/c1-45-41-15-9-8-14-40(41)33-22-16-30(17-23-33)37-26-20-32-21-27-38(29-39(32)28-37)31-18-24-36(25-19-31)44-47-42(34-10-4-2-5-11-34)46-43(48-44)35-12-6-3-7-13-35;1-39-33-16-8-15-32(24-33)34-17-9-14-27-20-23-31(25-35(27)34)26-18-21-30(22-19-26)38-41-36(28-10-4-2-5-11-28)40-37(42-38)29-12-6-3-7-13-29;1-39-33-23-21-28(22-24-33)34-14-8-13-27-17-20-32(25-35(27)34)26-15-18-31(19-16-26)38-41-36(29-9-4-2-5-10-29)40-37(42-38)30-11-6-3-7-12-30/h2-29H;2*2-25H. The fraction of sp³-hybridized carbons (Fsp3) is 0. The van der Waals surface area contributed by atoms with Crippen LogP contribution in [0.5, 0.6) is 0 Å². The molecule has 3 aromatic heterocycles. The Labute approximate surface area is 764 Å². The summed E-state index contributed by atoms with van der Waals surface area (Å²) in [4.78, 5) is 54.4. The first-order valence-corrected chi connectivity index (χ1v) is 43.3. The van der Waals surface area contributed by atoms with E-state index in [4.69, 9.17) is 64.6 Å². The SMILES string of the molecule is [C-]#[N+]c1ccc(-c2cccc3ccc(-c4ccc(-c5nc(-c6ccccc6)nc(-c6ccccc6)n5)cc4)cc23)cc1.[C-]#[N+]c1cccc(-c2cccc3ccc(-c4ccc(-c5nc(-c6ccccc6)nc(-c6ccccc6)n5)cc4)cc23)c1.[C-]#[N+]c1ccccc1-c1ccc(-c2ccc3ccc(-c4ccc(-c5nc(-c6ccccc6)nc(-c6ccccc6)n5)cc4)cc3c2)cc1. The van der Waals surface area contributed by atoms with Gasteiger partial charge in [-0.25, -0.2) is 59.4 Å². The summed E-state index contributed by atoms with van der Waals surface area (Å²) in [6.07, 6.45) is 0. The molecule has 12 heteroatoms. The van der Waals surface area contributed by atoms with Crippen molar-refractivity contribution in [3.05, 3.63) is 495 Å². The summed E-state index contributed by atoms with van der Waals surface area (Å²) in [5.74, 6) is 5.80. The fourth-order valence-electron chi connectivity index (χ4n) is 16.4. The molecule has 0 aliphatic heterocycles. The van der Waals surface area contributed by atoms with Crippen molar-refractivity contribution >= 4 is 49.4 Å². The van der Waals surface area contributed by atoms with Crippen molar-refractivity contribution < 1.29 is 0 Å². The molecule has 12 nitrogen and oxygen atoms in total. The van der Waals surface area contributed by atoms with Gasteiger partial charge in [0, 0.05) is 50.1 Å². The van der Waals surface area contributed by atoms with Crippen LogP contribution < -0.4 is 0 Å². The molecule has 19 aromatic carbocycles. The maximum Gasteiger partial charge on any atom is 0.194 e. The fourth-order valence-corrected chi connectivity index (χ4v) is 16.4. The molecule has 0 aliphatic carbocycles. The van der Waals surface area contributed by atoms with Crippen molar-refractivity contribution in [2.75, 3.05) is 0 Å². The van der Waals surface area contributed by atoms with Gasteiger partial charge >= 0.3 is 0 Å². The smallest absolute Gasteiger partial charge is 0.194 e. The number of rotatable bonds is 16. The van der Waals surface area contributed by atoms with E-state index in [2.05, 4.69) is 227 Å². The van der Waals surface area contributed by atoms with E-state index >= 15 is 0 Å². The number of nitrogens with zero attached hydrogens (tertiary/aromatic N) is 12. The average Bonchev–Trinajstić information content (AvgIpc) is 0.787. The van der Waals surface area contributed by atoms with Crippen LogP contribution >= 0.6 is 0 Å². The maximum absolute atomic E-state index is 7.51. The molecule has 22 rings (SSSR count). The number of benzene rings is 19. The van der Waals surface area contributed by atoms with Gasteiger partial charge in [0.1, 0.15) is 0 Å². The van der Waals surface area contributed by atoms with Crippen molar-refractivity contribution in [1.29, 1.82) is 0 Å². The van der Waals surface area contributed by atoms with Gasteiger partial charge in [0.25, 0.3) is 0 Å². The Morgan fingerprint density at radius 1 is 0.136 bits per heavy atom. The summed E-state index contributed by atoms with van der Waals surface area (Å²) in [5.41, 5.74) is 25.8. The summed E-state index contributed by atoms with van der Waals surface area (Å²) in [5, 5.41) is 7.02. The number of hydrogen-bond acceptors (Lipinski definition) is 9. The van der Waals surface area contributed by atoms with E-state index in [0.717, 1.165) is 139 Å². The molecule has 0 atom stereocenters. The van der Waals surface area contributed by atoms with Crippen LogP contribution in [0.1, 0.15) is 0 Å². The van der Waals surface area contributed by atoms with E-state index < -0.39 is 0 Å². The van der Waals surface area contributed by atoms with E-state index in [1.165, 1.54) is 21.5 Å². The minimum absolute atomic E-state index is 0.634. The van der Waals surface area contributed by atoms with Crippen LogP contribution in [0.2, 0.25) is 0 Å². The van der Waals surface area contributed by atoms with E-state index in [0.29, 0.717) is 69.5 Å². The molecule has 0 radical (unpaired) electrons. The van der Waals surface area contributed by atoms with Crippen molar-refractivity contribution in [2.24, 2.45) is 0 Å². The van der Waals surface area contributed by atoms with Crippen LogP contribution in [0.25, 0.3) is 227 Å². The van der Waals surface area contributed by atoms with Gasteiger partial charge in [0.05, 0.1) is 19.7 Å². The molecule has 22 aromatic rings. The highest BCUT2D eigenvalue weighted by Gasteiger charge is 2.19. The lowest BCUT2D eigenvalue weighted by atomic mass is 9.94. The summed E-state index contributed by atoms with van der Waals surface area (Å²) < 4.78 is 0. The predicted molar refractivity (Wildman–Crippen MR) is 538 cm³/mol. The molecule has 0 aliphatic rings. The molecule has 0 amide bonds. The Morgan fingerprint density at radius 2 is 0.379 bits per heavy atom. The van der Waals surface area contributed by atoms with Gasteiger partial charge in [-0.2, -0.15) is 0 Å². The highest BCUT2D eigenvalue weighted by Crippen LogP contribution is 2.41. The van der Waals surface area contributed by atoms with Crippen molar-refractivity contribution in [3.8, 4) is 180 Å². The number of fused-ring (bicyclic) bond motifs is 3. The van der Waals surface area contributed by atoms with E-state index in [9.17, 15) is 0 Å². The third-order valence-corrected chi connectivity index (χ3v) is 23.3. The number of aromatic nitrogens is 9. The van der Waals surface area contributed by atoms with Crippen LogP contribution in [0.4, 0.5) is 17.1 Å². The summed E-state index contributed by atoms with van der Waals surface area (Å²) >= 11 is 0. The zero-order chi connectivity index (χ0) is 88.9. The van der Waals surface area contributed by atoms with Crippen LogP contribution in [0, 0.1) is 19.7 Å². The zero-order valence-electron chi connectivity index (χ0n) is 71.2. The molecule has 0 fully saturated rings. The molecule has 0 spiro atoms. The lowest BCUT2D eigenvalue weighted by Gasteiger charge is -2.11. The van der Waals surface area contributed by atoms with Gasteiger partial charge in [-0.3, -0.25) is 0 Å². The molecule has 0 N–H and O–H groups in total. The zero-order valence-corrected chi connectivity index (χ0v) is 71.2. The normalized spacial score (nSPS) is 10.9. The highest BCUT2D eigenvalue weighted by molar-refractivity contribution is 6.01. The van der Waals surface area contributed by atoms with Gasteiger partial charge < -0.3 is 0 Å². The van der Waals surface area contributed by atoms with Crippen molar-refractivity contribution in [2.45, 2.75) is 0 Å². The second-order valence-electron chi connectivity index (χ2n) is 31.6. The quantitative estimate of drug-likeness (QED) is 0.0868. The average molecular weight is 1690 g/mol. The van der Waals surface area contributed by atoms with Crippen LogP contribution in [-0.2, 0) is 0 Å². The predicted octanol–water partition coefficient (Wildman–Crippen LogP) is 31.4. The third-order valence-electron chi connectivity index (χ3n) is 23.3. The Hall–Kier alpha value is -18.5. The molecule has 0 saturated heterocycles. The Morgan fingerprint density at radius 3 is 0.712 bits per heavy atom. The van der Waals surface area contributed by atoms with Gasteiger partial charge in [0.15, 0.2) is 69.5 Å². The van der Waals surface area contributed by atoms with E-state index in [-0.39, 0.29) is 0 Å². The molecular formula is C120H76N12. The molecular weight excluding hydrogens is 1610 g/mol. The van der Waals surface area contributed by atoms with Gasteiger partial charge in [0.2, 0.25) is 0 Å². The van der Waals surface area contributed by atoms with E-state index in [1.54, 1.807) is 0 Å². The molecule has 132 heavy (non-hydrogen) atoms. The molecule has 0 bridgehead atoms. The monoisotopic (exact) mass is 1680 g/mol. The Kier molecular flexibility index (Phi) is 23.4. The van der Waals surface area contributed by atoms with Gasteiger partial charge in [-0.15, -0.1) is 0 Å². The second kappa shape index (κ2) is 37.7. The Balaban J connectivity index is 0.000000124. The summed E-state index contributed by atoms with van der Waals surface area (Å²) in [6, 6.07) is 156. The summed E-state index contributed by atoms with van der Waals surface area (Å²) in [7, 11) is 0. The lowest BCUT2D eigenvalue weighted by Crippen LogP contribution is -2.00. The van der Waals surface area contributed by atoms with E-state index in [1.807, 2.05) is 249 Å². The molecule has 0 saturated carbocycles. The number of para-hydroxylation sites is 1. The third kappa shape index (κ3) is 18.1. The van der Waals surface area contributed by atoms with Crippen molar-refractivity contribution in [1.82, 2.24) is 44.9 Å². The number of hydrogen-bond donors (Lipinski definition) is 0. The molecule has 3 heterocycles. The Bertz CT molecular complexity index is 7920. The van der Waals surface area contributed by atoms with Crippen LogP contribution in [0.3, 0.4) is 0 Å². The topological polar surface area (TPSA) is 129 Å². The first-order chi connectivity index (χ1) is 65.2. The van der Waals surface area contributed by atoms with Gasteiger partial charge in [-0.1, -0.05) is 431 Å². The first kappa shape index (κ1) is 81.8.